The summed E-state index contributed by atoms with van der Waals surface area (Å²) in [4.78, 5) is 0. The van der Waals surface area contributed by atoms with Gasteiger partial charge in [0.25, 0.3) is 0 Å². The van der Waals surface area contributed by atoms with E-state index < -0.39 is 0 Å². The van der Waals surface area contributed by atoms with Crippen LogP contribution in [0.2, 0.25) is 5.02 Å². The fourth-order valence-corrected chi connectivity index (χ4v) is 2.98. The van der Waals surface area contributed by atoms with Crippen LogP contribution in [0.5, 0.6) is 0 Å². The van der Waals surface area contributed by atoms with Gasteiger partial charge in [-0.2, -0.15) is 0 Å². The van der Waals surface area contributed by atoms with E-state index in [1.807, 2.05) is 18.2 Å². The number of aromatic nitrogens is 1. The highest BCUT2D eigenvalue weighted by atomic mass is 35.5. The van der Waals surface area contributed by atoms with Crippen LogP contribution in [0.1, 0.15) is 45.1 Å². The third-order valence-electron chi connectivity index (χ3n) is 4.10. The molecule has 3 heteroatoms. The van der Waals surface area contributed by atoms with Crippen molar-refractivity contribution in [3.05, 3.63) is 35.0 Å². The van der Waals surface area contributed by atoms with Crippen molar-refractivity contribution in [2.45, 2.75) is 52.7 Å². The molecule has 0 bridgehead atoms. The van der Waals surface area contributed by atoms with E-state index in [-0.39, 0.29) is 6.61 Å². The van der Waals surface area contributed by atoms with Crippen LogP contribution >= 0.6 is 11.6 Å². The first-order valence-corrected chi connectivity index (χ1v) is 7.95. The summed E-state index contributed by atoms with van der Waals surface area (Å²) in [6, 6.07) is 5.90. The number of nitrogens with zero attached hydrogens (tertiary/aromatic N) is 1. The Balaban J connectivity index is 2.30. The minimum atomic E-state index is 0.0802. The first-order chi connectivity index (χ1) is 9.69. The van der Waals surface area contributed by atoms with Crippen LogP contribution in [0, 0.1) is 5.92 Å². The van der Waals surface area contributed by atoms with Gasteiger partial charge in [0.05, 0.1) is 6.61 Å². The number of hydrogen-bond donors (Lipinski definition) is 1. The fraction of sp³-hybridized carbons (Fsp3) is 0.529. The van der Waals surface area contributed by atoms with E-state index in [0.29, 0.717) is 5.92 Å². The maximum absolute atomic E-state index is 9.50. The molecule has 0 amide bonds. The summed E-state index contributed by atoms with van der Waals surface area (Å²) in [6.07, 6.45) is 7.06. The van der Waals surface area contributed by atoms with E-state index in [1.54, 1.807) is 0 Å². The number of benzene rings is 1. The molecule has 0 fully saturated rings. The van der Waals surface area contributed by atoms with Crippen LogP contribution in [0.3, 0.4) is 0 Å². The van der Waals surface area contributed by atoms with Crippen LogP contribution in [0.25, 0.3) is 10.9 Å². The molecule has 2 nitrogen and oxygen atoms in total. The molecule has 0 aliphatic carbocycles. The molecule has 2 rings (SSSR count). The largest absolute Gasteiger partial charge is 0.392 e. The van der Waals surface area contributed by atoms with E-state index in [9.17, 15) is 5.11 Å². The number of aliphatic hydroxyl groups is 1. The lowest BCUT2D eigenvalue weighted by Gasteiger charge is -2.16. The molecular weight excluding hydrogens is 270 g/mol. The van der Waals surface area contributed by atoms with Crippen molar-refractivity contribution in [2.75, 3.05) is 0 Å². The van der Waals surface area contributed by atoms with Crippen molar-refractivity contribution < 1.29 is 5.11 Å². The molecule has 1 heterocycles. The lowest BCUT2D eigenvalue weighted by Crippen LogP contribution is -2.09. The van der Waals surface area contributed by atoms with Crippen molar-refractivity contribution in [3.8, 4) is 0 Å². The second-order valence-electron chi connectivity index (χ2n) is 5.54. The number of unbranched alkanes of at least 4 members (excludes halogenated alkanes) is 1. The Morgan fingerprint density at radius 3 is 2.75 bits per heavy atom. The topological polar surface area (TPSA) is 25.2 Å². The summed E-state index contributed by atoms with van der Waals surface area (Å²) in [5.41, 5.74) is 2.12. The van der Waals surface area contributed by atoms with Crippen molar-refractivity contribution >= 4 is 22.5 Å². The molecule has 0 spiro atoms. The van der Waals surface area contributed by atoms with Gasteiger partial charge in [0.1, 0.15) is 0 Å². The molecule has 0 radical (unpaired) electrons. The zero-order valence-corrected chi connectivity index (χ0v) is 13.2. The number of rotatable bonds is 7. The monoisotopic (exact) mass is 293 g/mol. The molecule has 1 aromatic heterocycles. The minimum absolute atomic E-state index is 0.0802. The van der Waals surface area contributed by atoms with Crippen molar-refractivity contribution in [3.63, 3.8) is 0 Å². The maximum Gasteiger partial charge on any atom is 0.0702 e. The molecule has 0 aliphatic rings. The maximum atomic E-state index is 9.50. The van der Waals surface area contributed by atoms with Gasteiger partial charge in [-0.25, -0.2) is 0 Å². The summed E-state index contributed by atoms with van der Waals surface area (Å²) in [7, 11) is 0. The van der Waals surface area contributed by atoms with E-state index in [0.717, 1.165) is 28.0 Å². The molecule has 110 valence electrons. The molecule has 1 atom stereocenters. The normalized spacial score (nSPS) is 13.0. The molecule has 2 aromatic rings. The molecule has 0 aliphatic heterocycles. The summed E-state index contributed by atoms with van der Waals surface area (Å²) in [6.45, 7) is 5.58. The van der Waals surface area contributed by atoms with Gasteiger partial charge in [-0.1, -0.05) is 50.8 Å². The second kappa shape index (κ2) is 7.14. The number of hydrogen-bond acceptors (Lipinski definition) is 1. The minimum Gasteiger partial charge on any atom is -0.392 e. The van der Waals surface area contributed by atoms with Gasteiger partial charge >= 0.3 is 0 Å². The molecular formula is C17H24ClNO. The lowest BCUT2D eigenvalue weighted by molar-refractivity contribution is 0.282. The predicted octanol–water partition coefficient (Wildman–Crippen LogP) is 5.00. The summed E-state index contributed by atoms with van der Waals surface area (Å²) < 4.78 is 2.26. The van der Waals surface area contributed by atoms with Gasteiger partial charge in [-0.15, -0.1) is 0 Å². The Bertz CT molecular complexity index is 561. The summed E-state index contributed by atoms with van der Waals surface area (Å²) in [5, 5.41) is 11.4. The highest BCUT2D eigenvalue weighted by molar-refractivity contribution is 6.31. The molecule has 0 saturated heterocycles. The zero-order chi connectivity index (χ0) is 14.5. The van der Waals surface area contributed by atoms with Gasteiger partial charge in [-0.05, 0) is 24.5 Å². The van der Waals surface area contributed by atoms with Crippen LogP contribution in [0.15, 0.2) is 24.4 Å². The van der Waals surface area contributed by atoms with E-state index in [1.165, 1.54) is 25.7 Å². The molecule has 1 N–H and O–H groups in total. The third-order valence-corrected chi connectivity index (χ3v) is 4.33. The number of aliphatic hydroxyl groups excluding tert-OH is 1. The number of fused-ring (bicyclic) bond motifs is 1. The molecule has 20 heavy (non-hydrogen) atoms. The highest BCUT2D eigenvalue weighted by Crippen LogP contribution is 2.27. The van der Waals surface area contributed by atoms with Crippen LogP contribution in [-0.2, 0) is 13.2 Å². The Morgan fingerprint density at radius 1 is 1.30 bits per heavy atom. The molecule has 0 saturated carbocycles. The first-order valence-electron chi connectivity index (χ1n) is 7.57. The Morgan fingerprint density at radius 2 is 2.10 bits per heavy atom. The van der Waals surface area contributed by atoms with Crippen molar-refractivity contribution in [2.24, 2.45) is 5.92 Å². The quantitative estimate of drug-likeness (QED) is 0.763. The SMILES string of the molecule is CCCCC(CC)Cn1cc(CO)c2ccc(Cl)cc21. The van der Waals surface area contributed by atoms with E-state index in [4.69, 9.17) is 11.6 Å². The standard InChI is InChI=1S/C17H24ClNO/c1-3-5-6-13(4-2)10-19-11-14(12-20)16-8-7-15(18)9-17(16)19/h7-9,11,13,20H,3-6,10,12H2,1-2H3. The molecule has 1 aromatic carbocycles. The number of halogens is 1. The van der Waals surface area contributed by atoms with Crippen molar-refractivity contribution in [1.29, 1.82) is 0 Å². The first kappa shape index (κ1) is 15.4. The van der Waals surface area contributed by atoms with Gasteiger partial charge in [0.2, 0.25) is 0 Å². The average molecular weight is 294 g/mol. The fourth-order valence-electron chi connectivity index (χ4n) is 2.81. The van der Waals surface area contributed by atoms with E-state index >= 15 is 0 Å². The second-order valence-corrected chi connectivity index (χ2v) is 5.98. The smallest absolute Gasteiger partial charge is 0.0702 e. The predicted molar refractivity (Wildman–Crippen MR) is 86.2 cm³/mol. The Kier molecular flexibility index (Phi) is 5.50. The Hall–Kier alpha value is -0.990. The highest BCUT2D eigenvalue weighted by Gasteiger charge is 2.12. The van der Waals surface area contributed by atoms with Crippen LogP contribution in [-0.4, -0.2) is 9.67 Å². The van der Waals surface area contributed by atoms with Crippen LogP contribution in [0.4, 0.5) is 0 Å². The van der Waals surface area contributed by atoms with Crippen molar-refractivity contribution in [1.82, 2.24) is 4.57 Å². The van der Waals surface area contributed by atoms with Gasteiger partial charge in [0.15, 0.2) is 0 Å². The zero-order valence-electron chi connectivity index (χ0n) is 12.4. The summed E-state index contributed by atoms with van der Waals surface area (Å²) in [5.74, 6) is 0.691. The molecule has 1 unspecified atom stereocenters. The Labute approximate surface area is 126 Å². The van der Waals surface area contributed by atoms with Crippen LogP contribution < -0.4 is 0 Å². The average Bonchev–Trinajstić information content (AvgIpc) is 2.80. The van der Waals surface area contributed by atoms with Gasteiger partial charge in [0, 0.05) is 34.2 Å². The lowest BCUT2D eigenvalue weighted by atomic mass is 9.99. The van der Waals surface area contributed by atoms with E-state index in [2.05, 4.69) is 24.6 Å². The summed E-state index contributed by atoms with van der Waals surface area (Å²) >= 11 is 6.12. The third kappa shape index (κ3) is 3.36. The van der Waals surface area contributed by atoms with Gasteiger partial charge < -0.3 is 9.67 Å². The van der Waals surface area contributed by atoms with Gasteiger partial charge in [-0.3, -0.25) is 0 Å².